The van der Waals surface area contributed by atoms with E-state index in [0.717, 1.165) is 11.6 Å². The second-order valence-corrected chi connectivity index (χ2v) is 4.12. The summed E-state index contributed by atoms with van der Waals surface area (Å²) in [6, 6.07) is 2.35. The Morgan fingerprint density at radius 3 is 2.69 bits per heavy atom. The largest absolute Gasteiger partial charge is 0.396 e. The lowest BCUT2D eigenvalue weighted by Gasteiger charge is -2.06. The van der Waals surface area contributed by atoms with Crippen LogP contribution in [0, 0.1) is 17.6 Å². The molecule has 2 rings (SSSR count). The summed E-state index contributed by atoms with van der Waals surface area (Å²) in [5.41, 5.74) is 1.48. The number of hydrogen-bond acceptors (Lipinski definition) is 1. The number of nitrogens with one attached hydrogen (secondary N) is 1. The Morgan fingerprint density at radius 1 is 1.31 bits per heavy atom. The van der Waals surface area contributed by atoms with Gasteiger partial charge in [-0.1, -0.05) is 6.92 Å². The Morgan fingerprint density at radius 2 is 2.00 bits per heavy atom. The maximum atomic E-state index is 13.1. The predicted molar refractivity (Wildman–Crippen MR) is 58.2 cm³/mol. The summed E-state index contributed by atoms with van der Waals surface area (Å²) in [6.45, 7) is 1.98. The number of fused-ring (bicyclic) bond motifs is 1. The van der Waals surface area contributed by atoms with E-state index in [1.807, 2.05) is 6.92 Å². The van der Waals surface area contributed by atoms with Crippen molar-refractivity contribution >= 4 is 10.9 Å². The Hall–Kier alpha value is -1.42. The number of aliphatic hydroxyl groups excluding tert-OH is 1. The van der Waals surface area contributed by atoms with E-state index >= 15 is 0 Å². The molecule has 2 nitrogen and oxygen atoms in total. The van der Waals surface area contributed by atoms with Crippen LogP contribution in [-0.2, 0) is 6.42 Å². The maximum absolute atomic E-state index is 13.1. The summed E-state index contributed by atoms with van der Waals surface area (Å²) in [7, 11) is 0. The van der Waals surface area contributed by atoms with Gasteiger partial charge in [-0.2, -0.15) is 0 Å². The Balaban J connectivity index is 2.44. The van der Waals surface area contributed by atoms with Crippen LogP contribution in [0.25, 0.3) is 10.9 Å². The molecule has 0 spiro atoms. The number of hydrogen-bond donors (Lipinski definition) is 2. The molecule has 2 N–H and O–H groups in total. The van der Waals surface area contributed by atoms with E-state index in [0.29, 0.717) is 17.3 Å². The molecule has 0 saturated carbocycles. The third kappa shape index (κ3) is 1.93. The zero-order valence-electron chi connectivity index (χ0n) is 8.93. The molecule has 1 aromatic carbocycles. The van der Waals surface area contributed by atoms with E-state index in [1.165, 1.54) is 6.07 Å². The average molecular weight is 225 g/mol. The molecule has 0 bridgehead atoms. The molecule has 1 unspecified atom stereocenters. The van der Waals surface area contributed by atoms with Gasteiger partial charge in [0.25, 0.3) is 0 Å². The minimum absolute atomic E-state index is 0.0797. The van der Waals surface area contributed by atoms with Crippen molar-refractivity contribution in [2.75, 3.05) is 6.61 Å². The first-order chi connectivity index (χ1) is 7.61. The number of H-pyrrole nitrogens is 1. The Kier molecular flexibility index (Phi) is 2.92. The monoisotopic (exact) mass is 225 g/mol. The van der Waals surface area contributed by atoms with Gasteiger partial charge in [-0.15, -0.1) is 0 Å². The zero-order chi connectivity index (χ0) is 11.7. The van der Waals surface area contributed by atoms with E-state index in [2.05, 4.69) is 4.98 Å². The lowest BCUT2D eigenvalue weighted by molar-refractivity contribution is 0.237. The first kappa shape index (κ1) is 11.1. The molecule has 2 aromatic rings. The number of aromatic nitrogens is 1. The summed E-state index contributed by atoms with van der Waals surface area (Å²) >= 11 is 0. The molecule has 1 aromatic heterocycles. The standard InChI is InChI=1S/C12H13F2NO/c1-7(6-16)2-8-5-15-12-4-11(14)10(13)3-9(8)12/h3-5,7,15-16H,2,6H2,1H3. The van der Waals surface area contributed by atoms with Gasteiger partial charge >= 0.3 is 0 Å². The lowest BCUT2D eigenvalue weighted by atomic mass is 10.0. The summed E-state index contributed by atoms with van der Waals surface area (Å²) in [5, 5.41) is 9.64. The summed E-state index contributed by atoms with van der Waals surface area (Å²) in [6.07, 6.45) is 2.37. The van der Waals surface area contributed by atoms with Crippen molar-refractivity contribution < 1.29 is 13.9 Å². The number of rotatable bonds is 3. The molecule has 0 amide bonds. The van der Waals surface area contributed by atoms with Crippen molar-refractivity contribution in [1.82, 2.24) is 4.98 Å². The minimum Gasteiger partial charge on any atom is -0.396 e. The third-order valence-corrected chi connectivity index (χ3v) is 2.69. The molecule has 0 aliphatic carbocycles. The lowest BCUT2D eigenvalue weighted by Crippen LogP contribution is -2.03. The van der Waals surface area contributed by atoms with Gasteiger partial charge in [-0.05, 0) is 24.0 Å². The van der Waals surface area contributed by atoms with Gasteiger partial charge in [0.15, 0.2) is 11.6 Å². The highest BCUT2D eigenvalue weighted by molar-refractivity contribution is 5.83. The van der Waals surface area contributed by atoms with Gasteiger partial charge in [0.2, 0.25) is 0 Å². The van der Waals surface area contributed by atoms with Crippen LogP contribution in [0.5, 0.6) is 0 Å². The van der Waals surface area contributed by atoms with Crippen LogP contribution >= 0.6 is 0 Å². The third-order valence-electron chi connectivity index (χ3n) is 2.69. The fraction of sp³-hybridized carbons (Fsp3) is 0.333. The van der Waals surface area contributed by atoms with Gasteiger partial charge in [-0.25, -0.2) is 8.78 Å². The molecule has 0 aliphatic rings. The molecule has 1 atom stereocenters. The fourth-order valence-electron chi connectivity index (χ4n) is 1.78. The smallest absolute Gasteiger partial charge is 0.160 e. The van der Waals surface area contributed by atoms with E-state index in [4.69, 9.17) is 5.11 Å². The normalized spacial score (nSPS) is 13.2. The average Bonchev–Trinajstić information content (AvgIpc) is 2.62. The molecule has 1 heterocycles. The van der Waals surface area contributed by atoms with E-state index in [1.54, 1.807) is 6.20 Å². The number of halogens is 2. The second kappa shape index (κ2) is 4.22. The summed E-state index contributed by atoms with van der Waals surface area (Å²) in [4.78, 5) is 2.90. The topological polar surface area (TPSA) is 36.0 Å². The van der Waals surface area contributed by atoms with Gasteiger partial charge in [0, 0.05) is 29.8 Å². The van der Waals surface area contributed by atoms with E-state index < -0.39 is 11.6 Å². The molecule has 0 radical (unpaired) electrons. The molecule has 0 aliphatic heterocycles. The molecular weight excluding hydrogens is 212 g/mol. The van der Waals surface area contributed by atoms with E-state index in [9.17, 15) is 8.78 Å². The highest BCUT2D eigenvalue weighted by atomic mass is 19.2. The molecule has 0 fully saturated rings. The van der Waals surface area contributed by atoms with Crippen LogP contribution < -0.4 is 0 Å². The Bertz CT molecular complexity index is 507. The molecule has 16 heavy (non-hydrogen) atoms. The molecule has 0 saturated heterocycles. The second-order valence-electron chi connectivity index (χ2n) is 4.12. The molecular formula is C12H13F2NO. The van der Waals surface area contributed by atoms with Crippen LogP contribution in [0.2, 0.25) is 0 Å². The van der Waals surface area contributed by atoms with Gasteiger partial charge < -0.3 is 10.1 Å². The van der Waals surface area contributed by atoms with Crippen LogP contribution in [0.15, 0.2) is 18.3 Å². The number of aliphatic hydroxyl groups is 1. The van der Waals surface area contributed by atoms with Crippen molar-refractivity contribution in [1.29, 1.82) is 0 Å². The maximum Gasteiger partial charge on any atom is 0.160 e. The molecule has 86 valence electrons. The first-order valence-corrected chi connectivity index (χ1v) is 5.17. The minimum atomic E-state index is -0.851. The predicted octanol–water partition coefficient (Wildman–Crippen LogP) is 2.62. The highest BCUT2D eigenvalue weighted by Crippen LogP contribution is 2.23. The van der Waals surface area contributed by atoms with Crippen molar-refractivity contribution in [2.45, 2.75) is 13.3 Å². The Labute approximate surface area is 91.9 Å². The van der Waals surface area contributed by atoms with Gasteiger partial charge in [0.05, 0.1) is 0 Å². The van der Waals surface area contributed by atoms with Crippen molar-refractivity contribution in [2.24, 2.45) is 5.92 Å². The summed E-state index contributed by atoms with van der Waals surface area (Å²) < 4.78 is 26.0. The van der Waals surface area contributed by atoms with Crippen LogP contribution in [0.4, 0.5) is 8.78 Å². The molecule has 4 heteroatoms. The van der Waals surface area contributed by atoms with E-state index in [-0.39, 0.29) is 12.5 Å². The zero-order valence-corrected chi connectivity index (χ0v) is 8.93. The van der Waals surface area contributed by atoms with Gasteiger partial charge in [0.1, 0.15) is 0 Å². The van der Waals surface area contributed by atoms with Crippen LogP contribution in [0.3, 0.4) is 0 Å². The number of benzene rings is 1. The van der Waals surface area contributed by atoms with Crippen LogP contribution in [0.1, 0.15) is 12.5 Å². The SMILES string of the molecule is CC(CO)Cc1c[nH]c2cc(F)c(F)cc12. The summed E-state index contributed by atoms with van der Waals surface area (Å²) in [5.74, 6) is -1.59. The van der Waals surface area contributed by atoms with Crippen molar-refractivity contribution in [3.63, 3.8) is 0 Å². The highest BCUT2D eigenvalue weighted by Gasteiger charge is 2.11. The quantitative estimate of drug-likeness (QED) is 0.827. The van der Waals surface area contributed by atoms with Crippen LogP contribution in [-0.4, -0.2) is 16.7 Å². The van der Waals surface area contributed by atoms with Gasteiger partial charge in [-0.3, -0.25) is 0 Å². The first-order valence-electron chi connectivity index (χ1n) is 5.17. The number of aromatic amines is 1. The van der Waals surface area contributed by atoms with Crippen molar-refractivity contribution in [3.8, 4) is 0 Å². The van der Waals surface area contributed by atoms with Crippen molar-refractivity contribution in [3.05, 3.63) is 35.5 Å². The fourth-order valence-corrected chi connectivity index (χ4v) is 1.78.